The van der Waals surface area contributed by atoms with E-state index >= 15 is 0 Å². The van der Waals surface area contributed by atoms with Crippen LogP contribution in [0.4, 0.5) is 0 Å². The molecule has 0 aromatic heterocycles. The van der Waals surface area contributed by atoms with Crippen molar-refractivity contribution in [3.63, 3.8) is 0 Å². The maximum Gasteiger partial charge on any atom is 0.229 e. The highest BCUT2D eigenvalue weighted by Gasteiger charge is 2.17. The predicted octanol–water partition coefficient (Wildman–Crippen LogP) is -0.123. The van der Waals surface area contributed by atoms with Crippen LogP contribution in [0.3, 0.4) is 0 Å². The molecule has 0 atom stereocenters. The van der Waals surface area contributed by atoms with E-state index in [4.69, 9.17) is 0 Å². The normalized spacial score (nSPS) is 24.0. The molecule has 0 spiro atoms. The molecule has 2 N–H and O–H groups in total. The first-order valence-corrected chi connectivity index (χ1v) is 4.28. The fourth-order valence-corrected chi connectivity index (χ4v) is 1.62. The molecule has 0 aliphatic carbocycles. The van der Waals surface area contributed by atoms with Crippen LogP contribution in [0, 0.1) is 0 Å². The standard InChI is InChI=1S/C8H13N3/c1-2-6-11(7-3-1)8-4-5-9-10-8/h4-5H,1-3,6-7H2,(H,9,10)/p+1. The molecule has 1 saturated heterocycles. The van der Waals surface area contributed by atoms with Gasteiger partial charge >= 0.3 is 0 Å². The molecule has 0 unspecified atom stereocenters. The molecule has 0 saturated carbocycles. The largest absolute Gasteiger partial charge is 0.326 e. The van der Waals surface area contributed by atoms with Crippen LogP contribution in [0.1, 0.15) is 19.3 Å². The number of allylic oxidation sites excluding steroid dienone is 1. The second-order valence-corrected chi connectivity index (χ2v) is 3.07. The molecule has 2 aliphatic rings. The summed E-state index contributed by atoms with van der Waals surface area (Å²) in [6.45, 7) is 2.43. The summed E-state index contributed by atoms with van der Waals surface area (Å²) in [5.41, 5.74) is 1.95. The topological polar surface area (TPSA) is 32.2 Å². The van der Waals surface area contributed by atoms with Crippen LogP contribution in [0.5, 0.6) is 0 Å². The lowest BCUT2D eigenvalue weighted by atomic mass is 10.1. The summed E-state index contributed by atoms with van der Waals surface area (Å²) < 4.78 is 0. The summed E-state index contributed by atoms with van der Waals surface area (Å²) in [6, 6.07) is 0. The van der Waals surface area contributed by atoms with Gasteiger partial charge in [-0.2, -0.15) is 5.43 Å². The molecule has 0 radical (unpaired) electrons. The van der Waals surface area contributed by atoms with E-state index in [1.54, 1.807) is 0 Å². The van der Waals surface area contributed by atoms with E-state index in [0.29, 0.717) is 0 Å². The Bertz CT molecular complexity index is 190. The smallest absolute Gasteiger partial charge is 0.229 e. The van der Waals surface area contributed by atoms with Crippen molar-refractivity contribution in [2.75, 3.05) is 13.1 Å². The fourth-order valence-electron chi connectivity index (χ4n) is 1.62. The van der Waals surface area contributed by atoms with Gasteiger partial charge in [-0.3, -0.25) is 0 Å². The lowest BCUT2D eigenvalue weighted by molar-refractivity contribution is -0.623. The molecule has 11 heavy (non-hydrogen) atoms. The van der Waals surface area contributed by atoms with Crippen LogP contribution in [0.15, 0.2) is 17.0 Å². The molecular formula is C8H14N3+. The Hall–Kier alpha value is -0.830. The highest BCUT2D eigenvalue weighted by Crippen LogP contribution is 2.11. The number of rotatable bonds is 1. The molecule has 0 aromatic carbocycles. The quantitative estimate of drug-likeness (QED) is 0.522. The zero-order valence-corrected chi connectivity index (χ0v) is 6.66. The van der Waals surface area contributed by atoms with Gasteiger partial charge in [-0.05, 0) is 19.3 Å². The molecule has 3 heteroatoms. The van der Waals surface area contributed by atoms with E-state index in [-0.39, 0.29) is 0 Å². The van der Waals surface area contributed by atoms with E-state index < -0.39 is 0 Å². The van der Waals surface area contributed by atoms with Gasteiger partial charge in [0.05, 0.1) is 6.21 Å². The fraction of sp³-hybridized carbons (Fsp3) is 0.625. The van der Waals surface area contributed by atoms with Crippen LogP contribution in [0.25, 0.3) is 0 Å². The Morgan fingerprint density at radius 2 is 2.09 bits per heavy atom. The highest BCUT2D eigenvalue weighted by atomic mass is 15.4. The first-order chi connectivity index (χ1) is 5.47. The minimum Gasteiger partial charge on any atom is -0.326 e. The summed E-state index contributed by atoms with van der Waals surface area (Å²) in [5.74, 6) is 1.30. The van der Waals surface area contributed by atoms with Crippen LogP contribution in [-0.4, -0.2) is 24.2 Å². The minimum absolute atomic E-state index is 1.21. The summed E-state index contributed by atoms with van der Waals surface area (Å²) in [4.78, 5) is 2.41. The average Bonchev–Trinajstić information content (AvgIpc) is 2.58. The lowest BCUT2D eigenvalue weighted by Gasteiger charge is -2.25. The van der Waals surface area contributed by atoms with Crippen molar-refractivity contribution in [1.29, 1.82) is 0 Å². The van der Waals surface area contributed by atoms with E-state index in [0.717, 1.165) is 0 Å². The molecule has 0 bridgehead atoms. The number of hydrogen-bond acceptors (Lipinski definition) is 2. The van der Waals surface area contributed by atoms with Crippen LogP contribution >= 0.6 is 0 Å². The van der Waals surface area contributed by atoms with Gasteiger partial charge < -0.3 is 4.90 Å². The van der Waals surface area contributed by atoms with Crippen molar-refractivity contribution in [2.45, 2.75) is 19.3 Å². The molecule has 1 fully saturated rings. The van der Waals surface area contributed by atoms with Gasteiger partial charge in [0.25, 0.3) is 0 Å². The Morgan fingerprint density at radius 3 is 2.73 bits per heavy atom. The van der Waals surface area contributed by atoms with Crippen molar-refractivity contribution >= 4 is 6.21 Å². The summed E-state index contributed by atoms with van der Waals surface area (Å²) in [7, 11) is 0. The maximum atomic E-state index is 4.06. The molecule has 2 rings (SSSR count). The number of piperidine rings is 1. The van der Waals surface area contributed by atoms with Gasteiger partial charge in [-0.25, -0.2) is 0 Å². The number of quaternary nitrogens is 1. The molecule has 0 amide bonds. The average molecular weight is 152 g/mol. The third kappa shape index (κ3) is 1.43. The third-order valence-electron chi connectivity index (χ3n) is 2.26. The molecular weight excluding hydrogens is 138 g/mol. The first kappa shape index (κ1) is 6.85. The molecule has 0 aromatic rings. The monoisotopic (exact) mass is 152 g/mol. The van der Waals surface area contributed by atoms with E-state index in [9.17, 15) is 0 Å². The van der Waals surface area contributed by atoms with Crippen LogP contribution < -0.4 is 5.43 Å². The van der Waals surface area contributed by atoms with Crippen molar-refractivity contribution in [3.8, 4) is 0 Å². The van der Waals surface area contributed by atoms with Crippen molar-refractivity contribution in [2.24, 2.45) is 5.10 Å². The highest BCUT2D eigenvalue weighted by molar-refractivity contribution is 5.71. The second-order valence-electron chi connectivity index (χ2n) is 3.07. The van der Waals surface area contributed by atoms with Crippen LogP contribution in [0.2, 0.25) is 0 Å². The van der Waals surface area contributed by atoms with Crippen molar-refractivity contribution in [3.05, 3.63) is 11.9 Å². The van der Waals surface area contributed by atoms with E-state index in [2.05, 4.69) is 16.1 Å². The van der Waals surface area contributed by atoms with Gasteiger partial charge in [0, 0.05) is 19.2 Å². The second kappa shape index (κ2) is 3.05. The Balaban J connectivity index is 1.93. The first-order valence-electron chi connectivity index (χ1n) is 4.28. The minimum atomic E-state index is 1.21. The zero-order valence-electron chi connectivity index (χ0n) is 6.66. The van der Waals surface area contributed by atoms with Gasteiger partial charge in [-0.15, -0.1) is 0 Å². The molecule has 60 valence electrons. The number of nitrogens with zero attached hydrogens (tertiary/aromatic N) is 2. The van der Waals surface area contributed by atoms with Gasteiger partial charge in [0.2, 0.25) is 5.82 Å². The van der Waals surface area contributed by atoms with Crippen LogP contribution in [-0.2, 0) is 0 Å². The summed E-state index contributed by atoms with van der Waals surface area (Å²) in [6.07, 6.45) is 8.02. The van der Waals surface area contributed by atoms with E-state index in [1.165, 1.54) is 38.2 Å². The van der Waals surface area contributed by atoms with Gasteiger partial charge in [-0.1, -0.05) is 5.10 Å². The van der Waals surface area contributed by atoms with Gasteiger partial charge in [0.1, 0.15) is 0 Å². The zero-order chi connectivity index (χ0) is 7.52. The number of hydrogen-bond donors (Lipinski definition) is 1. The van der Waals surface area contributed by atoms with Crippen molar-refractivity contribution in [1.82, 2.24) is 4.90 Å². The Morgan fingerprint density at radius 1 is 1.27 bits per heavy atom. The Kier molecular flexibility index (Phi) is 1.90. The lowest BCUT2D eigenvalue weighted by Crippen LogP contribution is -2.77. The predicted molar refractivity (Wildman–Crippen MR) is 43.9 cm³/mol. The maximum absolute atomic E-state index is 4.06. The molecule has 3 nitrogen and oxygen atoms in total. The Labute approximate surface area is 66.8 Å². The van der Waals surface area contributed by atoms with Gasteiger partial charge in [0.15, 0.2) is 0 Å². The summed E-state index contributed by atoms with van der Waals surface area (Å²) in [5, 5.41) is 4.06. The third-order valence-corrected chi connectivity index (χ3v) is 2.26. The SMILES string of the molecule is C1=N[NH2+]C(N2CCCCC2)=C1. The number of nitrogens with two attached hydrogens (primary N) is 1. The van der Waals surface area contributed by atoms with Crippen molar-refractivity contribution < 1.29 is 5.43 Å². The number of likely N-dealkylation sites (tertiary alicyclic amines) is 1. The van der Waals surface area contributed by atoms with E-state index in [1.807, 2.05) is 11.6 Å². The molecule has 2 aliphatic heterocycles. The molecule has 2 heterocycles. The summed E-state index contributed by atoms with van der Waals surface area (Å²) >= 11 is 0.